The molecule has 0 bridgehead atoms. The van der Waals surface area contributed by atoms with Crippen molar-refractivity contribution in [3.8, 4) is 0 Å². The van der Waals surface area contributed by atoms with Gasteiger partial charge in [-0.25, -0.2) is 4.98 Å². The van der Waals surface area contributed by atoms with Crippen molar-refractivity contribution < 1.29 is 9.59 Å². The van der Waals surface area contributed by atoms with Gasteiger partial charge in [0.1, 0.15) is 12.4 Å². The summed E-state index contributed by atoms with van der Waals surface area (Å²) in [6.45, 7) is 13.1. The van der Waals surface area contributed by atoms with Crippen molar-refractivity contribution in [1.29, 1.82) is 0 Å². The van der Waals surface area contributed by atoms with E-state index in [2.05, 4.69) is 26.0 Å². The number of nitrogens with zero attached hydrogens (tertiary/aromatic N) is 4. The number of rotatable bonds is 6. The molecule has 2 amide bonds. The summed E-state index contributed by atoms with van der Waals surface area (Å²) in [6.07, 6.45) is 0.391. The molecule has 0 spiro atoms. The lowest BCUT2D eigenvalue weighted by molar-refractivity contribution is -0.135. The van der Waals surface area contributed by atoms with Crippen LogP contribution >= 0.6 is 0 Å². The number of benzene rings is 2. The molecule has 0 radical (unpaired) electrons. The summed E-state index contributed by atoms with van der Waals surface area (Å²) in [5, 5.41) is 0. The predicted octanol–water partition coefficient (Wildman–Crippen LogP) is 4.82. The minimum absolute atomic E-state index is 0.0640. The maximum absolute atomic E-state index is 13.3. The molecule has 4 rings (SSSR count). The van der Waals surface area contributed by atoms with Crippen molar-refractivity contribution >= 4 is 28.5 Å². The average Bonchev–Trinajstić information content (AvgIpc) is 3.30. The fourth-order valence-corrected chi connectivity index (χ4v) is 4.98. The smallest absolute Gasteiger partial charge is 0.243 e. The summed E-state index contributed by atoms with van der Waals surface area (Å²) in [5.74, 6) is 0.918. The first-order valence-corrected chi connectivity index (χ1v) is 11.8. The van der Waals surface area contributed by atoms with E-state index in [4.69, 9.17) is 4.98 Å². The van der Waals surface area contributed by atoms with E-state index in [9.17, 15) is 9.59 Å². The molecule has 6 nitrogen and oxygen atoms in total. The van der Waals surface area contributed by atoms with E-state index < -0.39 is 0 Å². The van der Waals surface area contributed by atoms with E-state index in [0.717, 1.165) is 22.5 Å². The predicted molar refractivity (Wildman–Crippen MR) is 132 cm³/mol. The number of anilines is 1. The van der Waals surface area contributed by atoms with E-state index in [1.54, 1.807) is 0 Å². The Morgan fingerprint density at radius 2 is 1.76 bits per heavy atom. The lowest BCUT2D eigenvalue weighted by atomic mass is 10.1. The number of imidazole rings is 1. The molecule has 1 atom stereocenters. The van der Waals surface area contributed by atoms with Crippen LogP contribution in [0.1, 0.15) is 57.0 Å². The summed E-state index contributed by atoms with van der Waals surface area (Å²) >= 11 is 0. The van der Waals surface area contributed by atoms with Gasteiger partial charge in [0.25, 0.3) is 0 Å². The molecule has 6 heteroatoms. The Morgan fingerprint density at radius 1 is 1.06 bits per heavy atom. The summed E-state index contributed by atoms with van der Waals surface area (Å²) in [5.41, 5.74) is 5.10. The van der Waals surface area contributed by atoms with Gasteiger partial charge in [-0.3, -0.25) is 9.59 Å². The number of hydrogen-bond acceptors (Lipinski definition) is 3. The molecule has 1 unspecified atom stereocenters. The SMILES string of the molecule is Cc1ccc(N2CC(c3nc4ccccc4n3CC(=O)N(C(C)C)C(C)C)CC2=O)cc1C. The quantitative estimate of drug-likeness (QED) is 0.545. The fourth-order valence-electron chi connectivity index (χ4n) is 4.98. The van der Waals surface area contributed by atoms with E-state index in [1.807, 2.05) is 72.4 Å². The van der Waals surface area contributed by atoms with E-state index >= 15 is 0 Å². The first-order chi connectivity index (χ1) is 15.7. The topological polar surface area (TPSA) is 58.4 Å². The van der Waals surface area contributed by atoms with E-state index in [-0.39, 0.29) is 36.4 Å². The molecule has 1 aliphatic heterocycles. The van der Waals surface area contributed by atoms with Crippen molar-refractivity contribution in [2.45, 2.75) is 72.5 Å². The van der Waals surface area contributed by atoms with Crippen molar-refractivity contribution in [3.05, 3.63) is 59.4 Å². The lowest BCUT2D eigenvalue weighted by Gasteiger charge is -2.31. The monoisotopic (exact) mass is 446 g/mol. The molecule has 174 valence electrons. The van der Waals surface area contributed by atoms with Crippen LogP contribution in [0.4, 0.5) is 5.69 Å². The Bertz CT molecular complexity index is 1190. The van der Waals surface area contributed by atoms with Gasteiger partial charge in [0.2, 0.25) is 11.8 Å². The minimum Gasteiger partial charge on any atom is -0.336 e. The normalized spacial score (nSPS) is 16.4. The molecule has 2 aromatic carbocycles. The molecular weight excluding hydrogens is 412 g/mol. The summed E-state index contributed by atoms with van der Waals surface area (Å²) in [6, 6.07) is 14.3. The highest BCUT2D eigenvalue weighted by Crippen LogP contribution is 2.34. The number of hydrogen-bond donors (Lipinski definition) is 0. The van der Waals surface area contributed by atoms with Gasteiger partial charge < -0.3 is 14.4 Å². The Balaban J connectivity index is 1.69. The van der Waals surface area contributed by atoms with Crippen LogP contribution in [0, 0.1) is 13.8 Å². The third-order valence-electron chi connectivity index (χ3n) is 6.67. The van der Waals surface area contributed by atoms with Gasteiger partial charge in [-0.15, -0.1) is 0 Å². The lowest BCUT2D eigenvalue weighted by Crippen LogP contribution is -2.44. The van der Waals surface area contributed by atoms with Crippen LogP contribution in [0.25, 0.3) is 11.0 Å². The van der Waals surface area contributed by atoms with Crippen LogP contribution < -0.4 is 4.90 Å². The van der Waals surface area contributed by atoms with Crippen molar-refractivity contribution in [2.24, 2.45) is 0 Å². The number of fused-ring (bicyclic) bond motifs is 1. The Kier molecular flexibility index (Phi) is 6.28. The van der Waals surface area contributed by atoms with Gasteiger partial charge in [-0.2, -0.15) is 0 Å². The van der Waals surface area contributed by atoms with Crippen molar-refractivity contribution in [3.63, 3.8) is 0 Å². The fraction of sp³-hybridized carbons (Fsp3) is 0.444. The van der Waals surface area contributed by atoms with E-state index in [0.29, 0.717) is 13.0 Å². The third-order valence-corrected chi connectivity index (χ3v) is 6.67. The molecule has 0 aliphatic carbocycles. The maximum Gasteiger partial charge on any atom is 0.243 e. The van der Waals surface area contributed by atoms with Crippen molar-refractivity contribution in [2.75, 3.05) is 11.4 Å². The molecule has 1 fully saturated rings. The highest BCUT2D eigenvalue weighted by molar-refractivity contribution is 5.96. The van der Waals surface area contributed by atoms with Gasteiger partial charge in [0.15, 0.2) is 0 Å². The molecule has 1 aromatic heterocycles. The van der Waals surface area contributed by atoms with Gasteiger partial charge in [0, 0.05) is 36.7 Å². The first kappa shape index (κ1) is 23.0. The van der Waals surface area contributed by atoms with Crippen LogP contribution in [0.15, 0.2) is 42.5 Å². The largest absolute Gasteiger partial charge is 0.336 e. The van der Waals surface area contributed by atoms with Gasteiger partial charge in [-0.05, 0) is 76.9 Å². The molecule has 1 aliphatic rings. The summed E-state index contributed by atoms with van der Waals surface area (Å²) in [7, 11) is 0. The number of aromatic nitrogens is 2. The molecule has 1 saturated heterocycles. The second kappa shape index (κ2) is 9.00. The Hall–Kier alpha value is -3.15. The molecule has 0 saturated carbocycles. The zero-order valence-corrected chi connectivity index (χ0v) is 20.5. The molecule has 2 heterocycles. The number of carbonyl (C=O) groups excluding carboxylic acids is 2. The molecular formula is C27H34N4O2. The van der Waals surface area contributed by atoms with Crippen LogP contribution in [0.5, 0.6) is 0 Å². The van der Waals surface area contributed by atoms with Gasteiger partial charge in [-0.1, -0.05) is 18.2 Å². The second-order valence-corrected chi connectivity index (χ2v) is 9.71. The van der Waals surface area contributed by atoms with Crippen LogP contribution in [-0.2, 0) is 16.1 Å². The van der Waals surface area contributed by atoms with Gasteiger partial charge in [0.05, 0.1) is 11.0 Å². The Morgan fingerprint density at radius 3 is 2.42 bits per heavy atom. The zero-order chi connectivity index (χ0) is 23.9. The number of carbonyl (C=O) groups is 2. The standard InChI is InChI=1S/C27H34N4O2/c1-17(2)31(18(3)4)26(33)16-30-24-10-8-7-9-23(24)28-27(30)21-14-25(32)29(15-21)22-12-11-19(5)20(6)13-22/h7-13,17-18,21H,14-16H2,1-6H3. The molecule has 33 heavy (non-hydrogen) atoms. The third kappa shape index (κ3) is 4.39. The van der Waals surface area contributed by atoms with E-state index in [1.165, 1.54) is 11.1 Å². The second-order valence-electron chi connectivity index (χ2n) is 9.71. The van der Waals surface area contributed by atoms with Crippen LogP contribution in [-0.4, -0.2) is 44.9 Å². The zero-order valence-electron chi connectivity index (χ0n) is 20.5. The highest BCUT2D eigenvalue weighted by Gasteiger charge is 2.35. The summed E-state index contributed by atoms with van der Waals surface area (Å²) < 4.78 is 2.03. The maximum atomic E-state index is 13.3. The molecule has 3 aromatic rings. The number of amides is 2. The number of aryl methyl sites for hydroxylation is 2. The highest BCUT2D eigenvalue weighted by atomic mass is 16.2. The van der Waals surface area contributed by atoms with Crippen molar-refractivity contribution in [1.82, 2.24) is 14.5 Å². The molecule has 0 N–H and O–H groups in total. The minimum atomic E-state index is -0.0640. The average molecular weight is 447 g/mol. The van der Waals surface area contributed by atoms with Crippen LogP contribution in [0.3, 0.4) is 0 Å². The summed E-state index contributed by atoms with van der Waals surface area (Å²) in [4.78, 5) is 35.0. The first-order valence-electron chi connectivity index (χ1n) is 11.8. The Labute approximate surface area is 196 Å². The van der Waals surface area contributed by atoms with Crippen LogP contribution in [0.2, 0.25) is 0 Å². The number of para-hydroxylation sites is 2. The van der Waals surface area contributed by atoms with Gasteiger partial charge >= 0.3 is 0 Å².